The lowest BCUT2D eigenvalue weighted by Crippen LogP contribution is -2.34. The second-order valence-corrected chi connectivity index (χ2v) is 7.89. The molecule has 0 spiro atoms. The van der Waals surface area contributed by atoms with Gasteiger partial charge in [-0.05, 0) is 36.5 Å². The maximum atomic E-state index is 6.05. The Morgan fingerprint density at radius 2 is 2.15 bits per heavy atom. The lowest BCUT2D eigenvalue weighted by atomic mass is 9.85. The van der Waals surface area contributed by atoms with Crippen LogP contribution in [0, 0.1) is 5.41 Å². The van der Waals surface area contributed by atoms with Crippen molar-refractivity contribution in [2.24, 2.45) is 10.4 Å². The van der Waals surface area contributed by atoms with E-state index in [1.807, 2.05) is 30.0 Å². The van der Waals surface area contributed by atoms with Crippen LogP contribution in [0.1, 0.15) is 45.7 Å². The van der Waals surface area contributed by atoms with Crippen LogP contribution >= 0.6 is 23.4 Å². The Hall–Kier alpha value is -0.670. The zero-order chi connectivity index (χ0) is 14.8. The highest BCUT2D eigenvalue weighted by Gasteiger charge is 2.27. The van der Waals surface area contributed by atoms with Gasteiger partial charge in [-0.25, -0.2) is 0 Å². The van der Waals surface area contributed by atoms with Gasteiger partial charge in [0.15, 0.2) is 5.17 Å². The Labute approximate surface area is 131 Å². The van der Waals surface area contributed by atoms with Gasteiger partial charge in [0, 0.05) is 10.8 Å². The van der Waals surface area contributed by atoms with E-state index in [-0.39, 0.29) is 11.5 Å². The van der Waals surface area contributed by atoms with Gasteiger partial charge in [-0.3, -0.25) is 4.99 Å². The van der Waals surface area contributed by atoms with Crippen LogP contribution in [0.25, 0.3) is 0 Å². The third kappa shape index (κ3) is 4.16. The summed E-state index contributed by atoms with van der Waals surface area (Å²) in [7, 11) is 0. The number of amidine groups is 1. The first-order valence-corrected chi connectivity index (χ1v) is 8.45. The standard InChI is InChI=1S/C16H23ClN2S/c1-11(12-6-5-7-13(17)10-12)18-15-19-14(8-9-20-15)16(2,3)4/h5-7,10-11,14H,8-9H2,1-4H3,(H,18,19). The SMILES string of the molecule is CC(NC1=NC(C(C)(C)C)CCS1)c1cccc(Cl)c1. The fourth-order valence-corrected chi connectivity index (χ4v) is 3.46. The van der Waals surface area contributed by atoms with E-state index in [0.29, 0.717) is 6.04 Å². The van der Waals surface area contributed by atoms with Gasteiger partial charge in [-0.15, -0.1) is 0 Å². The summed E-state index contributed by atoms with van der Waals surface area (Å²) in [6, 6.07) is 8.62. The van der Waals surface area contributed by atoms with Crippen LogP contribution < -0.4 is 5.32 Å². The van der Waals surface area contributed by atoms with Crippen molar-refractivity contribution < 1.29 is 0 Å². The van der Waals surface area contributed by atoms with Gasteiger partial charge >= 0.3 is 0 Å². The molecule has 1 aliphatic rings. The average molecular weight is 311 g/mol. The number of benzene rings is 1. The number of hydrogen-bond donors (Lipinski definition) is 1. The molecular weight excluding hydrogens is 288 g/mol. The molecular formula is C16H23ClN2S. The third-order valence-electron chi connectivity index (χ3n) is 3.59. The molecule has 2 atom stereocenters. The van der Waals surface area contributed by atoms with Gasteiger partial charge < -0.3 is 5.32 Å². The van der Waals surface area contributed by atoms with Crippen LogP contribution in [0.3, 0.4) is 0 Å². The van der Waals surface area contributed by atoms with Gasteiger partial charge in [0.25, 0.3) is 0 Å². The Bertz CT molecular complexity index is 493. The topological polar surface area (TPSA) is 24.4 Å². The Kier molecular flexibility index (Phi) is 5.03. The van der Waals surface area contributed by atoms with E-state index >= 15 is 0 Å². The minimum Gasteiger partial charge on any atom is -0.358 e. The number of nitrogens with zero attached hydrogens (tertiary/aromatic N) is 1. The van der Waals surface area contributed by atoms with Gasteiger partial charge in [0.05, 0.1) is 12.1 Å². The molecule has 20 heavy (non-hydrogen) atoms. The summed E-state index contributed by atoms with van der Waals surface area (Å²) in [5, 5.41) is 5.36. The van der Waals surface area contributed by atoms with E-state index in [2.05, 4.69) is 39.1 Å². The second-order valence-electron chi connectivity index (χ2n) is 6.37. The highest BCUT2D eigenvalue weighted by molar-refractivity contribution is 8.13. The molecule has 4 heteroatoms. The lowest BCUT2D eigenvalue weighted by Gasteiger charge is -2.31. The number of rotatable bonds is 2. The molecule has 1 heterocycles. The minimum absolute atomic E-state index is 0.221. The summed E-state index contributed by atoms with van der Waals surface area (Å²) in [5.41, 5.74) is 1.42. The zero-order valence-electron chi connectivity index (χ0n) is 12.6. The molecule has 1 aromatic rings. The molecule has 0 aromatic heterocycles. The van der Waals surface area contributed by atoms with Crippen molar-refractivity contribution in [1.82, 2.24) is 5.32 Å². The molecule has 110 valence electrons. The average Bonchev–Trinajstić information content (AvgIpc) is 2.38. The smallest absolute Gasteiger partial charge is 0.157 e. The molecule has 0 radical (unpaired) electrons. The van der Waals surface area contributed by atoms with Crippen molar-refractivity contribution in [1.29, 1.82) is 0 Å². The first kappa shape index (κ1) is 15.7. The molecule has 0 amide bonds. The maximum Gasteiger partial charge on any atom is 0.157 e. The van der Waals surface area contributed by atoms with Crippen LogP contribution in [0.5, 0.6) is 0 Å². The normalized spacial score (nSPS) is 21.2. The molecule has 1 N–H and O–H groups in total. The molecule has 0 bridgehead atoms. The summed E-state index contributed by atoms with van der Waals surface area (Å²) in [6.07, 6.45) is 1.16. The van der Waals surface area contributed by atoms with Crippen molar-refractivity contribution in [2.75, 3.05) is 5.75 Å². The first-order valence-electron chi connectivity index (χ1n) is 7.09. The third-order valence-corrected chi connectivity index (χ3v) is 4.76. The summed E-state index contributed by atoms with van der Waals surface area (Å²) in [5.74, 6) is 1.13. The number of thioether (sulfide) groups is 1. The molecule has 0 saturated carbocycles. The zero-order valence-corrected chi connectivity index (χ0v) is 14.2. The van der Waals surface area contributed by atoms with Crippen LogP contribution in [0.2, 0.25) is 5.02 Å². The molecule has 1 aromatic carbocycles. The fraction of sp³-hybridized carbons (Fsp3) is 0.562. The largest absolute Gasteiger partial charge is 0.358 e. The summed E-state index contributed by atoms with van der Waals surface area (Å²) < 4.78 is 0. The molecule has 0 fully saturated rings. The van der Waals surface area contributed by atoms with Crippen LogP contribution in [0.15, 0.2) is 29.3 Å². The fourth-order valence-electron chi connectivity index (χ4n) is 2.26. The van der Waals surface area contributed by atoms with E-state index in [0.717, 1.165) is 22.4 Å². The van der Waals surface area contributed by atoms with E-state index in [4.69, 9.17) is 16.6 Å². The van der Waals surface area contributed by atoms with Crippen molar-refractivity contribution in [2.45, 2.75) is 46.2 Å². The van der Waals surface area contributed by atoms with E-state index in [1.165, 1.54) is 5.56 Å². The van der Waals surface area contributed by atoms with Gasteiger partial charge in [-0.1, -0.05) is 56.3 Å². The Morgan fingerprint density at radius 1 is 1.40 bits per heavy atom. The number of aliphatic imine (C=N–C) groups is 1. The van der Waals surface area contributed by atoms with Crippen LogP contribution in [-0.4, -0.2) is 17.0 Å². The molecule has 0 saturated heterocycles. The van der Waals surface area contributed by atoms with E-state index in [1.54, 1.807) is 0 Å². The lowest BCUT2D eigenvalue weighted by molar-refractivity contribution is 0.315. The highest BCUT2D eigenvalue weighted by Crippen LogP contribution is 2.31. The maximum absolute atomic E-state index is 6.05. The Morgan fingerprint density at radius 3 is 2.80 bits per heavy atom. The summed E-state index contributed by atoms with van der Waals surface area (Å²) in [4.78, 5) is 4.88. The molecule has 2 unspecified atom stereocenters. The predicted octanol–water partition coefficient (Wildman–Crippen LogP) is 4.90. The monoisotopic (exact) mass is 310 g/mol. The van der Waals surface area contributed by atoms with Gasteiger partial charge in [-0.2, -0.15) is 0 Å². The Balaban J connectivity index is 2.07. The van der Waals surface area contributed by atoms with Crippen LogP contribution in [0.4, 0.5) is 0 Å². The van der Waals surface area contributed by atoms with Crippen molar-refractivity contribution in [3.8, 4) is 0 Å². The molecule has 1 aliphatic heterocycles. The molecule has 0 aliphatic carbocycles. The number of halogens is 1. The summed E-state index contributed by atoms with van der Waals surface area (Å²) >= 11 is 7.87. The van der Waals surface area contributed by atoms with E-state index in [9.17, 15) is 0 Å². The predicted molar refractivity (Wildman–Crippen MR) is 90.8 cm³/mol. The highest BCUT2D eigenvalue weighted by atomic mass is 35.5. The number of nitrogens with one attached hydrogen (secondary N) is 1. The molecule has 2 nitrogen and oxygen atoms in total. The van der Waals surface area contributed by atoms with Gasteiger partial charge in [0.2, 0.25) is 0 Å². The summed E-state index contributed by atoms with van der Waals surface area (Å²) in [6.45, 7) is 8.93. The molecule has 2 rings (SSSR count). The van der Waals surface area contributed by atoms with Crippen molar-refractivity contribution >= 4 is 28.5 Å². The van der Waals surface area contributed by atoms with E-state index < -0.39 is 0 Å². The first-order chi connectivity index (χ1) is 9.36. The quantitative estimate of drug-likeness (QED) is 0.840. The van der Waals surface area contributed by atoms with Gasteiger partial charge in [0.1, 0.15) is 0 Å². The second kappa shape index (κ2) is 6.40. The van der Waals surface area contributed by atoms with Crippen molar-refractivity contribution in [3.05, 3.63) is 34.9 Å². The van der Waals surface area contributed by atoms with Crippen molar-refractivity contribution in [3.63, 3.8) is 0 Å². The van der Waals surface area contributed by atoms with Crippen LogP contribution in [-0.2, 0) is 0 Å². The minimum atomic E-state index is 0.221. The number of hydrogen-bond acceptors (Lipinski definition) is 3.